The third-order valence-corrected chi connectivity index (χ3v) is 4.67. The molecular formula is C18H14ClNO3. The normalized spacial score (nSPS) is 17.0. The van der Waals surface area contributed by atoms with Crippen LogP contribution in [-0.4, -0.2) is 37.9 Å². The smallest absolute Gasteiger partial charge is 0.198 e. The lowest BCUT2D eigenvalue weighted by Gasteiger charge is -2.32. The van der Waals surface area contributed by atoms with Crippen LogP contribution in [0.25, 0.3) is 0 Å². The third-order valence-electron chi connectivity index (χ3n) is 4.35. The van der Waals surface area contributed by atoms with Gasteiger partial charge in [0.15, 0.2) is 11.6 Å². The van der Waals surface area contributed by atoms with Crippen LogP contribution in [0.1, 0.15) is 31.8 Å². The SMILES string of the molecule is O=C1c2cccc(Cl)c2C(=O)c2c1cccc2N1CCOCC1. The van der Waals surface area contributed by atoms with Gasteiger partial charge in [-0.3, -0.25) is 9.59 Å². The first kappa shape index (κ1) is 14.4. The fraction of sp³-hybridized carbons (Fsp3) is 0.222. The van der Waals surface area contributed by atoms with E-state index in [-0.39, 0.29) is 11.6 Å². The lowest BCUT2D eigenvalue weighted by molar-refractivity contribution is 0.0978. The van der Waals surface area contributed by atoms with Gasteiger partial charge in [-0.2, -0.15) is 0 Å². The van der Waals surface area contributed by atoms with E-state index in [0.717, 1.165) is 5.69 Å². The standard InChI is InChI=1S/C18H14ClNO3/c19-13-5-1-3-11-15(13)18(22)16-12(17(11)21)4-2-6-14(16)20-7-9-23-10-8-20/h1-6H,7-10H2. The molecule has 0 atom stereocenters. The van der Waals surface area contributed by atoms with Crippen molar-refractivity contribution in [3.8, 4) is 0 Å². The van der Waals surface area contributed by atoms with Gasteiger partial charge in [-0.1, -0.05) is 35.9 Å². The minimum atomic E-state index is -0.178. The van der Waals surface area contributed by atoms with Crippen molar-refractivity contribution in [1.29, 1.82) is 0 Å². The number of rotatable bonds is 1. The molecule has 0 spiro atoms. The van der Waals surface area contributed by atoms with Gasteiger partial charge in [-0.15, -0.1) is 0 Å². The van der Waals surface area contributed by atoms with E-state index in [9.17, 15) is 9.59 Å². The second-order valence-corrected chi connectivity index (χ2v) is 6.03. The predicted octanol–water partition coefficient (Wildman–Crippen LogP) is 2.95. The molecule has 116 valence electrons. The fourth-order valence-electron chi connectivity index (χ4n) is 3.25. The summed E-state index contributed by atoms with van der Waals surface area (Å²) >= 11 is 6.20. The number of ether oxygens (including phenoxy) is 1. The molecule has 1 fully saturated rings. The van der Waals surface area contributed by atoms with E-state index < -0.39 is 0 Å². The van der Waals surface area contributed by atoms with Crippen molar-refractivity contribution >= 4 is 28.9 Å². The number of hydrogen-bond donors (Lipinski definition) is 0. The van der Waals surface area contributed by atoms with Crippen molar-refractivity contribution < 1.29 is 14.3 Å². The van der Waals surface area contributed by atoms with Crippen LogP contribution >= 0.6 is 11.6 Å². The molecule has 1 aliphatic heterocycles. The maximum Gasteiger partial charge on any atom is 0.198 e. The Hall–Kier alpha value is -2.17. The summed E-state index contributed by atoms with van der Waals surface area (Å²) in [5, 5.41) is 0.322. The summed E-state index contributed by atoms with van der Waals surface area (Å²) in [4.78, 5) is 27.9. The number of morpholine rings is 1. The Balaban J connectivity index is 1.92. The zero-order valence-corrected chi connectivity index (χ0v) is 13.1. The molecule has 0 amide bonds. The summed E-state index contributed by atoms with van der Waals surface area (Å²) in [7, 11) is 0. The molecule has 0 N–H and O–H groups in total. The van der Waals surface area contributed by atoms with Crippen molar-refractivity contribution in [2.24, 2.45) is 0 Å². The Morgan fingerprint density at radius 2 is 1.52 bits per heavy atom. The number of anilines is 1. The molecule has 0 aromatic heterocycles. The molecule has 23 heavy (non-hydrogen) atoms. The van der Waals surface area contributed by atoms with Crippen LogP contribution in [0.5, 0.6) is 0 Å². The predicted molar refractivity (Wildman–Crippen MR) is 87.8 cm³/mol. The summed E-state index contributed by atoms with van der Waals surface area (Å²) in [6, 6.07) is 10.4. The topological polar surface area (TPSA) is 46.6 Å². The minimum Gasteiger partial charge on any atom is -0.378 e. The van der Waals surface area contributed by atoms with Crippen LogP contribution in [0.4, 0.5) is 5.69 Å². The molecule has 2 aromatic rings. The Bertz CT molecular complexity index is 825. The summed E-state index contributed by atoms with van der Waals surface area (Å²) in [5.41, 5.74) is 2.39. The molecule has 0 saturated carbocycles. The van der Waals surface area contributed by atoms with E-state index in [2.05, 4.69) is 4.90 Å². The van der Waals surface area contributed by atoms with E-state index in [1.54, 1.807) is 24.3 Å². The lowest BCUT2D eigenvalue weighted by atomic mass is 9.83. The van der Waals surface area contributed by atoms with Crippen molar-refractivity contribution in [3.05, 3.63) is 63.7 Å². The summed E-state index contributed by atoms with van der Waals surface area (Å²) < 4.78 is 5.37. The molecule has 1 aliphatic carbocycles. The highest BCUT2D eigenvalue weighted by Gasteiger charge is 2.34. The van der Waals surface area contributed by atoms with Crippen LogP contribution in [0.15, 0.2) is 36.4 Å². The second-order valence-electron chi connectivity index (χ2n) is 5.62. The highest BCUT2D eigenvalue weighted by molar-refractivity contribution is 6.39. The number of ketones is 2. The van der Waals surface area contributed by atoms with Crippen molar-refractivity contribution in [2.45, 2.75) is 0 Å². The quantitative estimate of drug-likeness (QED) is 0.689. The number of hydrogen-bond acceptors (Lipinski definition) is 4. The van der Waals surface area contributed by atoms with Crippen molar-refractivity contribution in [1.82, 2.24) is 0 Å². The molecule has 2 aromatic carbocycles. The molecule has 1 heterocycles. The molecular weight excluding hydrogens is 314 g/mol. The van der Waals surface area contributed by atoms with Gasteiger partial charge in [0.05, 0.1) is 29.4 Å². The van der Waals surface area contributed by atoms with Crippen molar-refractivity contribution in [3.63, 3.8) is 0 Å². The largest absolute Gasteiger partial charge is 0.378 e. The van der Waals surface area contributed by atoms with E-state index in [0.29, 0.717) is 53.6 Å². The fourth-order valence-corrected chi connectivity index (χ4v) is 3.51. The summed E-state index contributed by atoms with van der Waals surface area (Å²) in [6.07, 6.45) is 0. The summed E-state index contributed by atoms with van der Waals surface area (Å²) in [5.74, 6) is -0.325. The average Bonchev–Trinajstić information content (AvgIpc) is 2.59. The van der Waals surface area contributed by atoms with E-state index in [1.165, 1.54) is 0 Å². The van der Waals surface area contributed by atoms with E-state index in [4.69, 9.17) is 16.3 Å². The maximum atomic E-state index is 13.0. The molecule has 1 saturated heterocycles. The molecule has 4 rings (SSSR count). The number of benzene rings is 2. The Kier molecular flexibility index (Phi) is 3.43. The van der Waals surface area contributed by atoms with Crippen molar-refractivity contribution in [2.75, 3.05) is 31.2 Å². The highest BCUT2D eigenvalue weighted by Crippen LogP contribution is 2.36. The Morgan fingerprint density at radius 3 is 2.26 bits per heavy atom. The van der Waals surface area contributed by atoms with Gasteiger partial charge in [0.2, 0.25) is 0 Å². The zero-order chi connectivity index (χ0) is 16.0. The van der Waals surface area contributed by atoms with Gasteiger partial charge in [-0.25, -0.2) is 0 Å². The Labute approximate surface area is 138 Å². The lowest BCUT2D eigenvalue weighted by Crippen LogP contribution is -2.38. The van der Waals surface area contributed by atoms with Crippen LogP contribution in [-0.2, 0) is 4.74 Å². The van der Waals surface area contributed by atoms with E-state index in [1.807, 2.05) is 12.1 Å². The zero-order valence-electron chi connectivity index (χ0n) is 12.3. The van der Waals surface area contributed by atoms with Gasteiger partial charge in [0, 0.05) is 29.9 Å². The number of carbonyl (C=O) groups excluding carboxylic acids is 2. The number of nitrogens with zero attached hydrogens (tertiary/aromatic N) is 1. The first-order valence-electron chi connectivity index (χ1n) is 7.52. The van der Waals surface area contributed by atoms with Gasteiger partial charge in [0.25, 0.3) is 0 Å². The number of carbonyl (C=O) groups is 2. The van der Waals surface area contributed by atoms with Crippen LogP contribution in [0.2, 0.25) is 5.02 Å². The second kappa shape index (κ2) is 5.48. The molecule has 5 heteroatoms. The molecule has 2 aliphatic rings. The van der Waals surface area contributed by atoms with Gasteiger partial charge in [-0.05, 0) is 12.1 Å². The minimum absolute atomic E-state index is 0.146. The first-order chi connectivity index (χ1) is 11.2. The average molecular weight is 328 g/mol. The molecule has 4 nitrogen and oxygen atoms in total. The first-order valence-corrected chi connectivity index (χ1v) is 7.90. The summed E-state index contributed by atoms with van der Waals surface area (Å²) in [6.45, 7) is 2.63. The monoisotopic (exact) mass is 327 g/mol. The van der Waals surface area contributed by atoms with Crippen LogP contribution < -0.4 is 4.90 Å². The van der Waals surface area contributed by atoms with Crippen LogP contribution in [0.3, 0.4) is 0 Å². The van der Waals surface area contributed by atoms with Gasteiger partial charge >= 0.3 is 0 Å². The van der Waals surface area contributed by atoms with Crippen LogP contribution in [0, 0.1) is 0 Å². The molecule has 0 unspecified atom stereocenters. The van der Waals surface area contributed by atoms with Gasteiger partial charge < -0.3 is 9.64 Å². The third kappa shape index (κ3) is 2.18. The number of fused-ring (bicyclic) bond motifs is 2. The maximum absolute atomic E-state index is 13.0. The molecule has 0 bridgehead atoms. The highest BCUT2D eigenvalue weighted by atomic mass is 35.5. The Morgan fingerprint density at radius 1 is 0.870 bits per heavy atom. The molecule has 0 radical (unpaired) electrons. The number of halogens is 1. The van der Waals surface area contributed by atoms with Gasteiger partial charge in [0.1, 0.15) is 0 Å². The van der Waals surface area contributed by atoms with E-state index >= 15 is 0 Å².